The molecule has 0 saturated carbocycles. The van der Waals surface area contributed by atoms with Gasteiger partial charge in [0.2, 0.25) is 5.91 Å². The smallest absolute Gasteiger partial charge is 0.272 e. The second-order valence-corrected chi connectivity index (χ2v) is 12.5. The van der Waals surface area contributed by atoms with Crippen molar-refractivity contribution in [2.45, 2.75) is 17.1 Å². The second-order valence-electron chi connectivity index (χ2n) is 9.15. The molecule has 0 fully saturated rings. The van der Waals surface area contributed by atoms with Gasteiger partial charge >= 0.3 is 0 Å². The van der Waals surface area contributed by atoms with E-state index in [-0.39, 0.29) is 16.9 Å². The van der Waals surface area contributed by atoms with Crippen molar-refractivity contribution >= 4 is 83.9 Å². The van der Waals surface area contributed by atoms with Crippen LogP contribution in [0.3, 0.4) is 0 Å². The van der Waals surface area contributed by atoms with E-state index in [9.17, 15) is 14.4 Å². The normalized spacial score (nSPS) is 12.0. The number of thiazole rings is 1. The van der Waals surface area contributed by atoms with E-state index in [0.717, 1.165) is 25.1 Å². The first-order valence-electron chi connectivity index (χ1n) is 12.9. The fourth-order valence-electron chi connectivity index (χ4n) is 3.91. The summed E-state index contributed by atoms with van der Waals surface area (Å²) in [7, 11) is 0. The van der Waals surface area contributed by atoms with Gasteiger partial charge in [0, 0.05) is 20.6 Å². The maximum absolute atomic E-state index is 13.3. The Labute approximate surface area is 259 Å². The Hall–Kier alpha value is -4.25. The number of halogens is 1. The van der Waals surface area contributed by atoms with Crippen molar-refractivity contribution in [1.82, 2.24) is 10.3 Å². The van der Waals surface area contributed by atoms with Crippen LogP contribution in [-0.4, -0.2) is 28.0 Å². The molecule has 0 spiro atoms. The lowest BCUT2D eigenvalue weighted by atomic mass is 10.1. The van der Waals surface area contributed by atoms with E-state index in [1.165, 1.54) is 23.1 Å². The van der Waals surface area contributed by atoms with Gasteiger partial charge in [-0.2, -0.15) is 0 Å². The van der Waals surface area contributed by atoms with Crippen LogP contribution in [0.5, 0.6) is 0 Å². The zero-order valence-corrected chi connectivity index (χ0v) is 25.6. The summed E-state index contributed by atoms with van der Waals surface area (Å²) in [5, 5.41) is 8.69. The molecule has 0 bridgehead atoms. The number of carbonyl (C=O) groups is 3. The van der Waals surface area contributed by atoms with Crippen molar-refractivity contribution in [2.24, 2.45) is 0 Å². The Morgan fingerprint density at radius 2 is 1.62 bits per heavy atom. The highest BCUT2D eigenvalue weighted by Gasteiger charge is 2.18. The monoisotopic (exact) mass is 656 g/mol. The van der Waals surface area contributed by atoms with Crippen LogP contribution < -0.4 is 16.0 Å². The van der Waals surface area contributed by atoms with E-state index in [2.05, 4.69) is 36.9 Å². The first-order valence-corrected chi connectivity index (χ1v) is 15.4. The number of hydrogen-bond acceptors (Lipinski definition) is 6. The first kappa shape index (κ1) is 29.2. The highest BCUT2D eigenvalue weighted by molar-refractivity contribution is 9.10. The summed E-state index contributed by atoms with van der Waals surface area (Å²) in [4.78, 5) is 44.2. The molecule has 5 aromatic rings. The largest absolute Gasteiger partial charge is 0.321 e. The zero-order valence-electron chi connectivity index (χ0n) is 22.3. The van der Waals surface area contributed by atoms with Crippen LogP contribution >= 0.6 is 39.0 Å². The van der Waals surface area contributed by atoms with Gasteiger partial charge in [-0.15, -0.1) is 11.8 Å². The molecule has 5 rings (SSSR count). The van der Waals surface area contributed by atoms with E-state index in [1.807, 2.05) is 73.7 Å². The molecule has 3 amide bonds. The molecule has 1 aromatic heterocycles. The number of para-hydroxylation sites is 1. The highest BCUT2D eigenvalue weighted by Crippen LogP contribution is 2.29. The molecule has 42 heavy (non-hydrogen) atoms. The molecule has 7 nitrogen and oxygen atoms in total. The van der Waals surface area contributed by atoms with E-state index >= 15 is 0 Å². The summed E-state index contributed by atoms with van der Waals surface area (Å²) in [6, 6.07) is 31.0. The van der Waals surface area contributed by atoms with Crippen LogP contribution in [0.1, 0.15) is 22.8 Å². The van der Waals surface area contributed by atoms with E-state index in [4.69, 9.17) is 0 Å². The molecule has 0 saturated heterocycles. The molecule has 4 aromatic carbocycles. The Bertz CT molecular complexity index is 1740. The van der Waals surface area contributed by atoms with Gasteiger partial charge in [-0.1, -0.05) is 69.7 Å². The lowest BCUT2D eigenvalue weighted by molar-refractivity contribution is -0.115. The Morgan fingerprint density at radius 3 is 2.36 bits per heavy atom. The molecule has 10 heteroatoms. The minimum Gasteiger partial charge on any atom is -0.321 e. The van der Waals surface area contributed by atoms with Crippen LogP contribution in [0.2, 0.25) is 0 Å². The number of thioether (sulfide) groups is 1. The SMILES string of the molecule is CC(Sc1ccc(NC(=O)/C(=C/c2cccc(Br)c2)NC(=O)c2ccccc2)cc1)C(=O)Nc1nc2ccccc2s1. The van der Waals surface area contributed by atoms with E-state index < -0.39 is 11.8 Å². The van der Waals surface area contributed by atoms with E-state index in [0.29, 0.717) is 16.4 Å². The molecule has 0 radical (unpaired) electrons. The first-order chi connectivity index (χ1) is 20.3. The van der Waals surface area contributed by atoms with Crippen LogP contribution in [0, 0.1) is 0 Å². The lowest BCUT2D eigenvalue weighted by Gasteiger charge is -2.13. The number of amides is 3. The number of benzene rings is 4. The third kappa shape index (κ3) is 7.73. The van der Waals surface area contributed by atoms with Gasteiger partial charge in [0.25, 0.3) is 11.8 Å². The number of rotatable bonds is 9. The van der Waals surface area contributed by atoms with E-state index in [1.54, 1.807) is 42.5 Å². The molecule has 1 heterocycles. The minimum absolute atomic E-state index is 0.0977. The van der Waals surface area contributed by atoms with Crippen molar-refractivity contribution < 1.29 is 14.4 Å². The molecule has 0 aliphatic heterocycles. The molecule has 210 valence electrons. The predicted molar refractivity (Wildman–Crippen MR) is 175 cm³/mol. The van der Waals surface area contributed by atoms with Crippen molar-refractivity contribution in [1.29, 1.82) is 0 Å². The van der Waals surface area contributed by atoms with Gasteiger partial charge in [0.15, 0.2) is 5.13 Å². The molecule has 1 unspecified atom stereocenters. The predicted octanol–water partition coefficient (Wildman–Crippen LogP) is 7.59. The molecule has 0 aliphatic carbocycles. The topological polar surface area (TPSA) is 100 Å². The number of hydrogen-bond donors (Lipinski definition) is 3. The lowest BCUT2D eigenvalue weighted by Crippen LogP contribution is -2.30. The van der Waals surface area contributed by atoms with Crippen molar-refractivity contribution in [3.63, 3.8) is 0 Å². The third-order valence-corrected chi connectivity index (χ3v) is 8.56. The fraction of sp³-hybridized carbons (Fsp3) is 0.0625. The number of nitrogens with zero attached hydrogens (tertiary/aromatic N) is 1. The Balaban J connectivity index is 1.24. The number of aromatic nitrogens is 1. The molecule has 1 atom stereocenters. The molecule has 0 aliphatic rings. The fourth-order valence-corrected chi connectivity index (χ4v) is 6.06. The van der Waals surface area contributed by atoms with Crippen LogP contribution in [0.25, 0.3) is 16.3 Å². The average molecular weight is 658 g/mol. The maximum atomic E-state index is 13.3. The molecular weight excluding hydrogens is 632 g/mol. The van der Waals surface area contributed by atoms with Gasteiger partial charge in [0.1, 0.15) is 5.70 Å². The quantitative estimate of drug-likeness (QED) is 0.112. The molecule has 3 N–H and O–H groups in total. The van der Waals surface area contributed by atoms with Crippen molar-refractivity contribution in [2.75, 3.05) is 10.6 Å². The second kappa shape index (κ2) is 13.6. The summed E-state index contributed by atoms with van der Waals surface area (Å²) >= 11 is 6.28. The maximum Gasteiger partial charge on any atom is 0.272 e. The molecular formula is C32H25BrN4O3S2. The summed E-state index contributed by atoms with van der Waals surface area (Å²) in [6.45, 7) is 1.83. The van der Waals surface area contributed by atoms with Crippen LogP contribution in [0.4, 0.5) is 10.8 Å². The number of anilines is 2. The van der Waals surface area contributed by atoms with Gasteiger partial charge < -0.3 is 16.0 Å². The van der Waals surface area contributed by atoms with Crippen LogP contribution in [-0.2, 0) is 9.59 Å². The average Bonchev–Trinajstić information content (AvgIpc) is 3.40. The van der Waals surface area contributed by atoms with Gasteiger partial charge in [0.05, 0.1) is 15.5 Å². The third-order valence-electron chi connectivity index (χ3n) is 6.01. The summed E-state index contributed by atoms with van der Waals surface area (Å²) < 4.78 is 1.86. The Morgan fingerprint density at radius 1 is 0.881 bits per heavy atom. The number of carbonyl (C=O) groups excluding carboxylic acids is 3. The number of fused-ring (bicyclic) bond motifs is 1. The Kier molecular flexibility index (Phi) is 9.48. The van der Waals surface area contributed by atoms with Gasteiger partial charge in [-0.3, -0.25) is 14.4 Å². The van der Waals surface area contributed by atoms with Crippen molar-refractivity contribution in [3.8, 4) is 0 Å². The van der Waals surface area contributed by atoms with Crippen LogP contribution in [0.15, 0.2) is 118 Å². The van der Waals surface area contributed by atoms with Gasteiger partial charge in [-0.05, 0) is 79.2 Å². The van der Waals surface area contributed by atoms with Gasteiger partial charge in [-0.25, -0.2) is 4.98 Å². The highest BCUT2D eigenvalue weighted by atomic mass is 79.9. The minimum atomic E-state index is -0.469. The standard InChI is InChI=1S/C32H25BrN4O3S2/c1-20(29(38)37-32-36-26-12-5-6-13-28(26)42-32)41-25-16-14-24(15-17-25)34-31(40)27(19-21-8-7-11-23(33)18-21)35-30(39)22-9-3-2-4-10-22/h2-20H,1H3,(H,34,40)(H,35,39)(H,36,37,38)/b27-19-. The summed E-state index contributed by atoms with van der Waals surface area (Å²) in [6.07, 6.45) is 1.62. The number of nitrogens with one attached hydrogen (secondary N) is 3. The summed E-state index contributed by atoms with van der Waals surface area (Å²) in [5.74, 6) is -1.01. The van der Waals surface area contributed by atoms with Crippen molar-refractivity contribution in [3.05, 3.63) is 124 Å². The summed E-state index contributed by atoms with van der Waals surface area (Å²) in [5.41, 5.74) is 2.68. The zero-order chi connectivity index (χ0) is 29.5.